The van der Waals surface area contributed by atoms with Crippen molar-refractivity contribution in [3.63, 3.8) is 0 Å². The van der Waals surface area contributed by atoms with Gasteiger partial charge in [-0.1, -0.05) is 0 Å². The lowest BCUT2D eigenvalue weighted by molar-refractivity contribution is -0.126. The number of amides is 1. The van der Waals surface area contributed by atoms with Gasteiger partial charge < -0.3 is 14.9 Å². The van der Waals surface area contributed by atoms with E-state index in [0.717, 1.165) is 0 Å². The monoisotopic (exact) mass is 190 g/mol. The number of hydrogen-bond acceptors (Lipinski definition) is 4. The zero-order valence-corrected chi connectivity index (χ0v) is 8.42. The molecule has 0 saturated heterocycles. The van der Waals surface area contributed by atoms with E-state index in [0.29, 0.717) is 19.8 Å². The van der Waals surface area contributed by atoms with Crippen LogP contribution in [0.3, 0.4) is 0 Å². The van der Waals surface area contributed by atoms with Crippen molar-refractivity contribution in [2.24, 2.45) is 0 Å². The van der Waals surface area contributed by atoms with Crippen molar-refractivity contribution in [3.8, 4) is 0 Å². The zero-order valence-electron chi connectivity index (χ0n) is 8.42. The molecule has 5 nitrogen and oxygen atoms in total. The molecule has 78 valence electrons. The Bertz CT molecular complexity index is 141. The van der Waals surface area contributed by atoms with Crippen molar-refractivity contribution in [1.29, 1.82) is 0 Å². The van der Waals surface area contributed by atoms with Crippen molar-refractivity contribution < 1.29 is 14.4 Å². The maximum absolute atomic E-state index is 11.2. The Labute approximate surface area is 78.7 Å². The van der Waals surface area contributed by atoms with Gasteiger partial charge in [-0.25, -0.2) is 0 Å². The second-order valence-electron chi connectivity index (χ2n) is 2.56. The number of carbonyl (C=O) groups is 1. The summed E-state index contributed by atoms with van der Waals surface area (Å²) < 4.78 is 4.79. The summed E-state index contributed by atoms with van der Waals surface area (Å²) in [7, 11) is 1.59. The van der Waals surface area contributed by atoms with E-state index in [4.69, 9.17) is 9.57 Å². The maximum Gasteiger partial charge on any atom is 0.239 e. The second kappa shape index (κ2) is 7.97. The lowest BCUT2D eigenvalue weighted by Crippen LogP contribution is -2.43. The van der Waals surface area contributed by atoms with Crippen LogP contribution in [0, 0.1) is 0 Å². The number of hydroxylamine groups is 1. The molecule has 13 heavy (non-hydrogen) atoms. The molecule has 0 aromatic carbocycles. The van der Waals surface area contributed by atoms with Crippen LogP contribution in [0.1, 0.15) is 13.8 Å². The first-order valence-corrected chi connectivity index (χ1v) is 4.36. The van der Waals surface area contributed by atoms with Gasteiger partial charge in [-0.3, -0.25) is 4.79 Å². The van der Waals surface area contributed by atoms with Crippen LogP contribution >= 0.6 is 0 Å². The van der Waals surface area contributed by atoms with Gasteiger partial charge in [0.05, 0.1) is 13.2 Å². The molecule has 0 aromatic rings. The molecule has 0 saturated carbocycles. The van der Waals surface area contributed by atoms with E-state index in [9.17, 15) is 4.79 Å². The number of hydrogen-bond donors (Lipinski definition) is 2. The van der Waals surface area contributed by atoms with E-state index >= 15 is 0 Å². The average molecular weight is 190 g/mol. The lowest BCUT2D eigenvalue weighted by Gasteiger charge is -2.12. The molecule has 0 fully saturated rings. The van der Waals surface area contributed by atoms with Gasteiger partial charge >= 0.3 is 0 Å². The summed E-state index contributed by atoms with van der Waals surface area (Å²) in [4.78, 5) is 16.1. The highest BCUT2D eigenvalue weighted by Crippen LogP contribution is 1.81. The van der Waals surface area contributed by atoms with E-state index in [2.05, 4.69) is 10.8 Å². The largest absolute Gasteiger partial charge is 0.383 e. The fourth-order valence-corrected chi connectivity index (χ4v) is 0.691. The summed E-state index contributed by atoms with van der Waals surface area (Å²) in [6.45, 7) is 5.16. The van der Waals surface area contributed by atoms with Crippen LogP contribution in [0.2, 0.25) is 0 Å². The summed E-state index contributed by atoms with van der Waals surface area (Å²) in [6.07, 6.45) is 0. The first-order valence-electron chi connectivity index (χ1n) is 4.36. The molecule has 0 radical (unpaired) electrons. The smallest absolute Gasteiger partial charge is 0.239 e. The number of ether oxygens (including phenoxy) is 1. The fraction of sp³-hybridized carbons (Fsp3) is 0.875. The number of carbonyl (C=O) groups excluding carboxylic acids is 1. The minimum absolute atomic E-state index is 0.0921. The van der Waals surface area contributed by atoms with Crippen molar-refractivity contribution >= 4 is 5.91 Å². The van der Waals surface area contributed by atoms with Gasteiger partial charge in [-0.2, -0.15) is 5.48 Å². The molecule has 1 unspecified atom stereocenters. The molecule has 0 aromatic heterocycles. The molecule has 5 heteroatoms. The molecule has 0 spiro atoms. The highest BCUT2D eigenvalue weighted by molar-refractivity contribution is 5.81. The molecule has 0 aliphatic carbocycles. The molecular formula is C8H18N2O3. The van der Waals surface area contributed by atoms with E-state index in [-0.39, 0.29) is 11.9 Å². The summed E-state index contributed by atoms with van der Waals surface area (Å²) in [5.74, 6) is -0.0921. The zero-order chi connectivity index (χ0) is 10.1. The van der Waals surface area contributed by atoms with Crippen molar-refractivity contribution in [2.75, 3.05) is 26.9 Å². The summed E-state index contributed by atoms with van der Waals surface area (Å²) in [6, 6.07) is -0.336. The van der Waals surface area contributed by atoms with E-state index in [1.807, 2.05) is 6.92 Å². The lowest BCUT2D eigenvalue weighted by atomic mass is 10.3. The van der Waals surface area contributed by atoms with Gasteiger partial charge in [0, 0.05) is 13.7 Å². The van der Waals surface area contributed by atoms with Crippen LogP contribution in [-0.4, -0.2) is 38.8 Å². The Balaban J connectivity index is 3.45. The Morgan fingerprint density at radius 1 is 1.54 bits per heavy atom. The quantitative estimate of drug-likeness (QED) is 0.426. The standard InChI is InChI=1S/C8H18N2O3/c1-4-13-10-7(2)8(11)9-5-6-12-3/h7,10H,4-6H2,1-3H3,(H,9,11). The third-order valence-electron chi connectivity index (χ3n) is 1.40. The van der Waals surface area contributed by atoms with Crippen LogP contribution in [0.4, 0.5) is 0 Å². The van der Waals surface area contributed by atoms with Crippen molar-refractivity contribution in [2.45, 2.75) is 19.9 Å². The number of nitrogens with one attached hydrogen (secondary N) is 2. The fourth-order valence-electron chi connectivity index (χ4n) is 0.691. The molecule has 2 N–H and O–H groups in total. The molecule has 0 bridgehead atoms. The highest BCUT2D eigenvalue weighted by Gasteiger charge is 2.10. The number of rotatable bonds is 7. The van der Waals surface area contributed by atoms with Crippen molar-refractivity contribution in [1.82, 2.24) is 10.8 Å². The van der Waals surface area contributed by atoms with Gasteiger partial charge in [0.25, 0.3) is 0 Å². The van der Waals surface area contributed by atoms with Crippen LogP contribution in [0.15, 0.2) is 0 Å². The van der Waals surface area contributed by atoms with Gasteiger partial charge in [-0.05, 0) is 13.8 Å². The Morgan fingerprint density at radius 2 is 2.23 bits per heavy atom. The Morgan fingerprint density at radius 3 is 2.77 bits per heavy atom. The number of methoxy groups -OCH3 is 1. The molecule has 1 atom stereocenters. The molecule has 1 amide bonds. The predicted molar refractivity (Wildman–Crippen MR) is 49.1 cm³/mol. The molecule has 0 aliphatic rings. The van der Waals surface area contributed by atoms with Gasteiger partial charge in [0.15, 0.2) is 0 Å². The van der Waals surface area contributed by atoms with Gasteiger partial charge in [-0.15, -0.1) is 0 Å². The first kappa shape index (κ1) is 12.3. The first-order chi connectivity index (χ1) is 6.22. The van der Waals surface area contributed by atoms with Crippen LogP contribution < -0.4 is 10.8 Å². The van der Waals surface area contributed by atoms with E-state index in [1.54, 1.807) is 14.0 Å². The summed E-state index contributed by atoms with van der Waals surface area (Å²) >= 11 is 0. The van der Waals surface area contributed by atoms with Crippen molar-refractivity contribution in [3.05, 3.63) is 0 Å². The Kier molecular flexibility index (Phi) is 7.57. The topological polar surface area (TPSA) is 59.6 Å². The molecule has 0 aliphatic heterocycles. The van der Waals surface area contributed by atoms with E-state index < -0.39 is 0 Å². The van der Waals surface area contributed by atoms with E-state index in [1.165, 1.54) is 0 Å². The highest BCUT2D eigenvalue weighted by atomic mass is 16.6. The van der Waals surface area contributed by atoms with Gasteiger partial charge in [0.2, 0.25) is 5.91 Å². The Hall–Kier alpha value is -0.650. The molecule has 0 rings (SSSR count). The normalized spacial score (nSPS) is 12.5. The third-order valence-corrected chi connectivity index (χ3v) is 1.40. The molecular weight excluding hydrogens is 172 g/mol. The SMILES string of the molecule is CCONC(C)C(=O)NCCOC. The van der Waals surface area contributed by atoms with Crippen LogP contribution in [0.25, 0.3) is 0 Å². The second-order valence-corrected chi connectivity index (χ2v) is 2.56. The minimum atomic E-state index is -0.336. The third kappa shape index (κ3) is 6.51. The van der Waals surface area contributed by atoms with Crippen LogP contribution in [-0.2, 0) is 14.4 Å². The van der Waals surface area contributed by atoms with Gasteiger partial charge in [0.1, 0.15) is 6.04 Å². The molecule has 0 heterocycles. The van der Waals surface area contributed by atoms with Crippen LogP contribution in [0.5, 0.6) is 0 Å². The maximum atomic E-state index is 11.2. The predicted octanol–water partition coefficient (Wildman–Crippen LogP) is -0.321. The average Bonchev–Trinajstić information content (AvgIpc) is 2.14. The minimum Gasteiger partial charge on any atom is -0.383 e. The summed E-state index contributed by atoms with van der Waals surface area (Å²) in [5.41, 5.74) is 2.61. The summed E-state index contributed by atoms with van der Waals surface area (Å²) in [5, 5.41) is 2.69.